The summed E-state index contributed by atoms with van der Waals surface area (Å²) in [6, 6.07) is 13.0. The van der Waals surface area contributed by atoms with Crippen LogP contribution in [-0.4, -0.2) is 33.0 Å². The number of benzene rings is 2. The van der Waals surface area contributed by atoms with Crippen LogP contribution in [0, 0.1) is 0 Å². The Labute approximate surface area is 176 Å². The Hall–Kier alpha value is -3.28. The first kappa shape index (κ1) is 20.0. The lowest BCUT2D eigenvalue weighted by molar-refractivity contribution is -0.120. The number of ketones is 1. The standard InChI is InChI=1S/C24H25NO5/c1-28-16-7-4-6-15(12-16)18-14-23(27)25(19-8-5-9-21(26)24(18)19)20-13-17(29-2)10-11-22(20)30-3/h4,6-7,10-13,18H,5,8-9,14H2,1-3H3. The zero-order valence-corrected chi connectivity index (χ0v) is 17.4. The molecular weight excluding hydrogens is 382 g/mol. The van der Waals surface area contributed by atoms with Crippen molar-refractivity contribution in [1.29, 1.82) is 0 Å². The molecule has 30 heavy (non-hydrogen) atoms. The van der Waals surface area contributed by atoms with Crippen LogP contribution in [0.25, 0.3) is 0 Å². The second-order valence-corrected chi connectivity index (χ2v) is 7.44. The van der Waals surface area contributed by atoms with Crippen LogP contribution in [0.2, 0.25) is 0 Å². The van der Waals surface area contributed by atoms with E-state index in [4.69, 9.17) is 14.2 Å². The highest BCUT2D eigenvalue weighted by Crippen LogP contribution is 2.46. The first-order chi connectivity index (χ1) is 14.6. The number of carbonyl (C=O) groups excluding carboxylic acids is 2. The molecule has 1 heterocycles. The fourth-order valence-corrected chi connectivity index (χ4v) is 4.39. The fourth-order valence-electron chi connectivity index (χ4n) is 4.39. The first-order valence-corrected chi connectivity index (χ1v) is 10.0. The Morgan fingerprint density at radius 1 is 0.900 bits per heavy atom. The summed E-state index contributed by atoms with van der Waals surface area (Å²) in [6.07, 6.45) is 2.08. The van der Waals surface area contributed by atoms with Gasteiger partial charge in [-0.1, -0.05) is 12.1 Å². The second-order valence-electron chi connectivity index (χ2n) is 7.44. The van der Waals surface area contributed by atoms with Gasteiger partial charge in [0.25, 0.3) is 0 Å². The molecule has 6 nitrogen and oxygen atoms in total. The van der Waals surface area contributed by atoms with Gasteiger partial charge in [-0.15, -0.1) is 0 Å². The molecule has 4 rings (SSSR count). The molecule has 0 aromatic heterocycles. The van der Waals surface area contributed by atoms with Gasteiger partial charge in [0, 0.05) is 36.1 Å². The highest BCUT2D eigenvalue weighted by atomic mass is 16.5. The second kappa shape index (κ2) is 8.22. The van der Waals surface area contributed by atoms with Crippen LogP contribution in [0.15, 0.2) is 53.7 Å². The van der Waals surface area contributed by atoms with E-state index in [0.29, 0.717) is 35.8 Å². The molecule has 0 bridgehead atoms. The van der Waals surface area contributed by atoms with Crippen molar-refractivity contribution in [3.8, 4) is 17.2 Å². The van der Waals surface area contributed by atoms with Crippen LogP contribution >= 0.6 is 0 Å². The Kier molecular flexibility index (Phi) is 5.48. The predicted octanol–water partition coefficient (Wildman–Crippen LogP) is 4.24. The Morgan fingerprint density at radius 3 is 2.40 bits per heavy atom. The minimum atomic E-state index is -0.275. The number of rotatable bonds is 5. The molecule has 0 saturated carbocycles. The lowest BCUT2D eigenvalue weighted by atomic mass is 9.77. The molecule has 0 radical (unpaired) electrons. The van der Waals surface area contributed by atoms with E-state index < -0.39 is 0 Å². The van der Waals surface area contributed by atoms with E-state index in [1.54, 1.807) is 44.4 Å². The summed E-state index contributed by atoms with van der Waals surface area (Å²) in [5, 5.41) is 0. The van der Waals surface area contributed by atoms with E-state index in [2.05, 4.69) is 0 Å². The Morgan fingerprint density at radius 2 is 1.67 bits per heavy atom. The van der Waals surface area contributed by atoms with E-state index in [9.17, 15) is 9.59 Å². The zero-order valence-electron chi connectivity index (χ0n) is 17.4. The molecule has 0 fully saturated rings. The first-order valence-electron chi connectivity index (χ1n) is 10.0. The Balaban J connectivity index is 1.88. The van der Waals surface area contributed by atoms with Crippen LogP contribution in [-0.2, 0) is 9.59 Å². The number of methoxy groups -OCH3 is 3. The summed E-state index contributed by atoms with van der Waals surface area (Å²) >= 11 is 0. The third-order valence-corrected chi connectivity index (χ3v) is 5.80. The van der Waals surface area contributed by atoms with E-state index in [0.717, 1.165) is 23.3 Å². The lowest BCUT2D eigenvalue weighted by Gasteiger charge is -2.38. The largest absolute Gasteiger partial charge is 0.497 e. The van der Waals surface area contributed by atoms with Gasteiger partial charge in [-0.3, -0.25) is 14.5 Å². The van der Waals surface area contributed by atoms with Crippen molar-refractivity contribution in [3.63, 3.8) is 0 Å². The number of Topliss-reactive ketones (excluding diaryl/α,β-unsaturated/α-hetero) is 1. The van der Waals surface area contributed by atoms with Gasteiger partial charge in [-0.05, 0) is 42.7 Å². The molecule has 2 aliphatic rings. The van der Waals surface area contributed by atoms with Gasteiger partial charge < -0.3 is 14.2 Å². The van der Waals surface area contributed by atoms with E-state index in [1.165, 1.54) is 0 Å². The van der Waals surface area contributed by atoms with Crippen molar-refractivity contribution in [2.75, 3.05) is 26.2 Å². The number of hydrogen-bond donors (Lipinski definition) is 0. The molecule has 1 unspecified atom stereocenters. The van der Waals surface area contributed by atoms with Gasteiger partial charge in [-0.25, -0.2) is 0 Å². The monoisotopic (exact) mass is 407 g/mol. The predicted molar refractivity (Wildman–Crippen MR) is 113 cm³/mol. The summed E-state index contributed by atoms with van der Waals surface area (Å²) in [5.41, 5.74) is 3.01. The van der Waals surface area contributed by atoms with Crippen LogP contribution in [0.3, 0.4) is 0 Å². The molecular formula is C24H25NO5. The van der Waals surface area contributed by atoms with Crippen LogP contribution in [0.4, 0.5) is 5.69 Å². The molecule has 2 aromatic carbocycles. The maximum Gasteiger partial charge on any atom is 0.232 e. The number of ether oxygens (including phenoxy) is 3. The van der Waals surface area contributed by atoms with Gasteiger partial charge in [0.1, 0.15) is 17.2 Å². The number of allylic oxidation sites excluding steroid dienone is 2. The van der Waals surface area contributed by atoms with E-state index in [1.807, 2.05) is 24.3 Å². The van der Waals surface area contributed by atoms with Gasteiger partial charge in [-0.2, -0.15) is 0 Å². The molecule has 0 N–H and O–H groups in total. The Bertz CT molecular complexity index is 1030. The highest BCUT2D eigenvalue weighted by molar-refractivity contribution is 6.08. The zero-order chi connectivity index (χ0) is 21.3. The summed E-state index contributed by atoms with van der Waals surface area (Å²) in [7, 11) is 4.76. The van der Waals surface area contributed by atoms with Crippen molar-refractivity contribution in [2.45, 2.75) is 31.6 Å². The molecule has 6 heteroatoms. The number of anilines is 1. The molecule has 1 aliphatic heterocycles. The van der Waals surface area contributed by atoms with Gasteiger partial charge >= 0.3 is 0 Å². The summed E-state index contributed by atoms with van der Waals surface area (Å²) in [4.78, 5) is 28.1. The number of amides is 1. The summed E-state index contributed by atoms with van der Waals surface area (Å²) < 4.78 is 16.2. The van der Waals surface area contributed by atoms with Crippen LogP contribution in [0.5, 0.6) is 17.2 Å². The molecule has 1 aliphatic carbocycles. The quantitative estimate of drug-likeness (QED) is 0.742. The van der Waals surface area contributed by atoms with Crippen molar-refractivity contribution in [3.05, 3.63) is 59.3 Å². The van der Waals surface area contributed by atoms with Gasteiger partial charge in [0.2, 0.25) is 5.91 Å². The topological polar surface area (TPSA) is 65.1 Å². The van der Waals surface area contributed by atoms with Gasteiger partial charge in [0.15, 0.2) is 5.78 Å². The third kappa shape index (κ3) is 3.43. The minimum Gasteiger partial charge on any atom is -0.497 e. The molecule has 156 valence electrons. The average Bonchev–Trinajstić information content (AvgIpc) is 2.78. The van der Waals surface area contributed by atoms with E-state index >= 15 is 0 Å². The maximum atomic E-state index is 13.4. The third-order valence-electron chi connectivity index (χ3n) is 5.80. The van der Waals surface area contributed by atoms with Crippen LogP contribution in [0.1, 0.15) is 37.2 Å². The highest BCUT2D eigenvalue weighted by Gasteiger charge is 2.40. The average molecular weight is 407 g/mol. The molecule has 2 aromatic rings. The smallest absolute Gasteiger partial charge is 0.232 e. The molecule has 1 amide bonds. The number of nitrogens with zero attached hydrogens (tertiary/aromatic N) is 1. The summed E-state index contributed by atoms with van der Waals surface area (Å²) in [5.74, 6) is 1.66. The SMILES string of the molecule is COc1cccc(C2CC(=O)N(c3cc(OC)ccc3OC)C3=C2C(=O)CCC3)c1. The van der Waals surface area contributed by atoms with Crippen molar-refractivity contribution >= 4 is 17.4 Å². The number of hydrogen-bond acceptors (Lipinski definition) is 5. The fraction of sp³-hybridized carbons (Fsp3) is 0.333. The summed E-state index contributed by atoms with van der Waals surface area (Å²) in [6.45, 7) is 0. The minimum absolute atomic E-state index is 0.0668. The molecule has 0 saturated heterocycles. The lowest BCUT2D eigenvalue weighted by Crippen LogP contribution is -2.40. The van der Waals surface area contributed by atoms with Crippen LogP contribution < -0.4 is 19.1 Å². The van der Waals surface area contributed by atoms with E-state index in [-0.39, 0.29) is 24.0 Å². The molecule has 1 atom stereocenters. The normalized spacial score (nSPS) is 18.9. The van der Waals surface area contributed by atoms with Crippen molar-refractivity contribution < 1.29 is 23.8 Å². The van der Waals surface area contributed by atoms with Gasteiger partial charge in [0.05, 0.1) is 27.0 Å². The molecule has 0 spiro atoms. The van der Waals surface area contributed by atoms with Crippen molar-refractivity contribution in [2.24, 2.45) is 0 Å². The number of carbonyl (C=O) groups is 2. The van der Waals surface area contributed by atoms with Crippen molar-refractivity contribution in [1.82, 2.24) is 0 Å². The maximum absolute atomic E-state index is 13.4.